The summed E-state index contributed by atoms with van der Waals surface area (Å²) in [6, 6.07) is 7.57. The number of amides is 2. The van der Waals surface area contributed by atoms with Crippen LogP contribution in [0.1, 0.15) is 44.1 Å². The average Bonchev–Trinajstić information content (AvgIpc) is 2.57. The van der Waals surface area contributed by atoms with Gasteiger partial charge in [-0.25, -0.2) is 0 Å². The van der Waals surface area contributed by atoms with Crippen molar-refractivity contribution in [1.82, 2.24) is 4.90 Å². The third-order valence-electron chi connectivity index (χ3n) is 4.93. The van der Waals surface area contributed by atoms with E-state index in [2.05, 4.69) is 18.5 Å². The van der Waals surface area contributed by atoms with Gasteiger partial charge in [0.1, 0.15) is 6.42 Å². The Hall–Kier alpha value is -2.36. The SMILES string of the molecule is C=CCC1(CC=C)CCCCN1C(=O)CC(=O)Nc1ccccc1C. The van der Waals surface area contributed by atoms with Crippen molar-refractivity contribution in [2.75, 3.05) is 11.9 Å². The number of nitrogens with zero attached hydrogens (tertiary/aromatic N) is 1. The molecule has 0 spiro atoms. The van der Waals surface area contributed by atoms with Crippen molar-refractivity contribution in [3.63, 3.8) is 0 Å². The lowest BCUT2D eigenvalue weighted by Crippen LogP contribution is -2.54. The molecular formula is C21H28N2O2. The molecule has 0 radical (unpaired) electrons. The lowest BCUT2D eigenvalue weighted by Gasteiger charge is -2.47. The van der Waals surface area contributed by atoms with E-state index in [0.717, 1.165) is 43.4 Å². The van der Waals surface area contributed by atoms with Gasteiger partial charge in [-0.1, -0.05) is 30.4 Å². The van der Waals surface area contributed by atoms with Crippen molar-refractivity contribution in [2.45, 2.75) is 51.0 Å². The minimum Gasteiger partial charge on any atom is -0.336 e. The predicted octanol–water partition coefficient (Wildman–Crippen LogP) is 4.23. The van der Waals surface area contributed by atoms with Gasteiger partial charge in [0.25, 0.3) is 0 Å². The zero-order chi connectivity index (χ0) is 18.3. The van der Waals surface area contributed by atoms with Gasteiger partial charge in [-0.15, -0.1) is 13.2 Å². The zero-order valence-corrected chi connectivity index (χ0v) is 15.1. The number of carbonyl (C=O) groups excluding carboxylic acids is 2. The lowest BCUT2D eigenvalue weighted by molar-refractivity contribution is -0.142. The number of likely N-dealkylation sites (tertiary alicyclic amines) is 1. The maximum Gasteiger partial charge on any atom is 0.233 e. The average molecular weight is 340 g/mol. The Balaban J connectivity index is 2.08. The third-order valence-corrected chi connectivity index (χ3v) is 4.93. The van der Waals surface area contributed by atoms with Crippen LogP contribution in [0.4, 0.5) is 5.69 Å². The second kappa shape index (κ2) is 8.65. The monoisotopic (exact) mass is 340 g/mol. The minimum atomic E-state index is -0.276. The summed E-state index contributed by atoms with van der Waals surface area (Å²) in [7, 11) is 0. The van der Waals surface area contributed by atoms with Crippen LogP contribution in [0.3, 0.4) is 0 Å². The van der Waals surface area contributed by atoms with Gasteiger partial charge in [0.15, 0.2) is 0 Å². The van der Waals surface area contributed by atoms with E-state index in [1.807, 2.05) is 48.2 Å². The standard InChI is InChI=1S/C21H28N2O2/c1-4-12-21(13-5-2)14-8-9-15-23(21)20(25)16-19(24)22-18-11-7-6-10-17(18)3/h4-7,10-11H,1-2,8-9,12-16H2,3H3,(H,22,24). The normalized spacial score (nSPS) is 16.1. The summed E-state index contributed by atoms with van der Waals surface area (Å²) in [5, 5.41) is 2.84. The summed E-state index contributed by atoms with van der Waals surface area (Å²) in [6.07, 6.45) is 8.03. The molecule has 2 rings (SSSR count). The highest BCUT2D eigenvalue weighted by Gasteiger charge is 2.39. The van der Waals surface area contributed by atoms with E-state index in [1.54, 1.807) is 0 Å². The van der Waals surface area contributed by atoms with Gasteiger partial charge in [-0.3, -0.25) is 9.59 Å². The quantitative estimate of drug-likeness (QED) is 0.596. The Labute approximate surface area is 150 Å². The molecule has 1 aliphatic heterocycles. The fraction of sp³-hybridized carbons (Fsp3) is 0.429. The molecule has 0 saturated carbocycles. The van der Waals surface area contributed by atoms with E-state index in [9.17, 15) is 9.59 Å². The van der Waals surface area contributed by atoms with Crippen LogP contribution in [0.2, 0.25) is 0 Å². The number of hydrogen-bond donors (Lipinski definition) is 1. The highest BCUT2D eigenvalue weighted by Crippen LogP contribution is 2.35. The van der Waals surface area contributed by atoms with Crippen molar-refractivity contribution in [2.24, 2.45) is 0 Å². The van der Waals surface area contributed by atoms with Crippen LogP contribution < -0.4 is 5.32 Å². The summed E-state index contributed by atoms with van der Waals surface area (Å²) in [6.45, 7) is 10.3. The van der Waals surface area contributed by atoms with Crippen molar-refractivity contribution < 1.29 is 9.59 Å². The molecule has 4 nitrogen and oxygen atoms in total. The van der Waals surface area contributed by atoms with Gasteiger partial charge in [0, 0.05) is 17.8 Å². The van der Waals surface area contributed by atoms with Crippen molar-refractivity contribution >= 4 is 17.5 Å². The first kappa shape index (κ1) is 19.0. The topological polar surface area (TPSA) is 49.4 Å². The van der Waals surface area contributed by atoms with Crippen molar-refractivity contribution in [1.29, 1.82) is 0 Å². The molecule has 1 N–H and O–H groups in total. The number of para-hydroxylation sites is 1. The highest BCUT2D eigenvalue weighted by molar-refractivity contribution is 6.04. The molecule has 2 amide bonds. The molecule has 1 fully saturated rings. The Bertz CT molecular complexity index is 641. The van der Waals surface area contributed by atoms with Crippen LogP contribution in [0.5, 0.6) is 0 Å². The third kappa shape index (κ3) is 4.59. The van der Waals surface area contributed by atoms with Gasteiger partial charge >= 0.3 is 0 Å². The van der Waals surface area contributed by atoms with E-state index < -0.39 is 0 Å². The number of anilines is 1. The van der Waals surface area contributed by atoms with Crippen LogP contribution in [-0.4, -0.2) is 28.8 Å². The maximum atomic E-state index is 12.8. The van der Waals surface area contributed by atoms with Crippen LogP contribution in [0.15, 0.2) is 49.6 Å². The Morgan fingerprint density at radius 1 is 1.20 bits per heavy atom. The Kier molecular flexibility index (Phi) is 6.57. The smallest absolute Gasteiger partial charge is 0.233 e. The van der Waals surface area contributed by atoms with E-state index in [0.29, 0.717) is 6.54 Å². The van der Waals surface area contributed by atoms with Crippen LogP contribution >= 0.6 is 0 Å². The molecule has 0 aliphatic carbocycles. The van der Waals surface area contributed by atoms with E-state index in [-0.39, 0.29) is 23.8 Å². The summed E-state index contributed by atoms with van der Waals surface area (Å²) in [4.78, 5) is 27.1. The number of benzene rings is 1. The molecule has 4 heteroatoms. The van der Waals surface area contributed by atoms with E-state index in [4.69, 9.17) is 0 Å². The first-order valence-corrected chi connectivity index (χ1v) is 8.90. The predicted molar refractivity (Wildman–Crippen MR) is 102 cm³/mol. The number of carbonyl (C=O) groups is 2. The van der Waals surface area contributed by atoms with Gasteiger partial charge in [-0.2, -0.15) is 0 Å². The van der Waals surface area contributed by atoms with Gasteiger partial charge < -0.3 is 10.2 Å². The van der Waals surface area contributed by atoms with E-state index >= 15 is 0 Å². The second-order valence-corrected chi connectivity index (χ2v) is 6.75. The van der Waals surface area contributed by atoms with Crippen LogP contribution in [0.25, 0.3) is 0 Å². The van der Waals surface area contributed by atoms with Gasteiger partial charge in [0.05, 0.1) is 0 Å². The number of aryl methyl sites for hydroxylation is 1. The molecule has 1 heterocycles. The number of piperidine rings is 1. The first-order valence-electron chi connectivity index (χ1n) is 8.90. The highest BCUT2D eigenvalue weighted by atomic mass is 16.2. The maximum absolute atomic E-state index is 12.8. The van der Waals surface area contributed by atoms with Gasteiger partial charge in [-0.05, 0) is 50.7 Å². The fourth-order valence-electron chi connectivity index (χ4n) is 3.67. The van der Waals surface area contributed by atoms with Crippen LogP contribution in [0, 0.1) is 6.92 Å². The van der Waals surface area contributed by atoms with Crippen molar-refractivity contribution in [3.8, 4) is 0 Å². The van der Waals surface area contributed by atoms with E-state index in [1.165, 1.54) is 0 Å². The summed E-state index contributed by atoms with van der Waals surface area (Å²) >= 11 is 0. The largest absolute Gasteiger partial charge is 0.336 e. The summed E-state index contributed by atoms with van der Waals surface area (Å²) < 4.78 is 0. The number of hydrogen-bond acceptors (Lipinski definition) is 2. The molecule has 0 bridgehead atoms. The number of nitrogens with one attached hydrogen (secondary N) is 1. The first-order chi connectivity index (χ1) is 12.0. The molecular weight excluding hydrogens is 312 g/mol. The molecule has 25 heavy (non-hydrogen) atoms. The zero-order valence-electron chi connectivity index (χ0n) is 15.1. The second-order valence-electron chi connectivity index (χ2n) is 6.75. The summed E-state index contributed by atoms with van der Waals surface area (Å²) in [5.41, 5.74) is 1.46. The van der Waals surface area contributed by atoms with Crippen LogP contribution in [-0.2, 0) is 9.59 Å². The Morgan fingerprint density at radius 3 is 2.52 bits per heavy atom. The molecule has 0 aromatic heterocycles. The molecule has 1 aromatic rings. The van der Waals surface area contributed by atoms with Gasteiger partial charge in [0.2, 0.25) is 11.8 Å². The molecule has 0 unspecified atom stereocenters. The molecule has 1 saturated heterocycles. The fourth-order valence-corrected chi connectivity index (χ4v) is 3.67. The molecule has 1 aliphatic rings. The molecule has 134 valence electrons. The Morgan fingerprint density at radius 2 is 1.88 bits per heavy atom. The number of rotatable bonds is 7. The van der Waals surface area contributed by atoms with Crippen molar-refractivity contribution in [3.05, 3.63) is 55.1 Å². The minimum absolute atomic E-state index is 0.116. The lowest BCUT2D eigenvalue weighted by atomic mass is 9.80. The summed E-state index contributed by atoms with van der Waals surface area (Å²) in [5.74, 6) is -0.384. The molecule has 1 aromatic carbocycles. The molecule has 0 atom stereocenters.